The first-order valence-corrected chi connectivity index (χ1v) is 5.94. The van der Waals surface area contributed by atoms with Gasteiger partial charge in [-0.25, -0.2) is 0 Å². The summed E-state index contributed by atoms with van der Waals surface area (Å²) >= 11 is 0. The second-order valence-electron chi connectivity index (χ2n) is 4.62. The molecule has 3 nitrogen and oxygen atoms in total. The van der Waals surface area contributed by atoms with E-state index in [1.807, 2.05) is 61.5 Å². The zero-order valence-electron chi connectivity index (χ0n) is 10.1. The van der Waals surface area contributed by atoms with Crippen molar-refractivity contribution in [2.24, 2.45) is 0 Å². The van der Waals surface area contributed by atoms with Gasteiger partial charge in [0.25, 0.3) is 5.91 Å². The SMILES string of the molecule is C[C@]1(Nc2ccccc2)C(=O)Nc2ccccc21. The van der Waals surface area contributed by atoms with Crippen molar-refractivity contribution in [3.8, 4) is 0 Å². The van der Waals surface area contributed by atoms with Gasteiger partial charge in [-0.05, 0) is 25.1 Å². The molecule has 2 aromatic rings. The van der Waals surface area contributed by atoms with Crippen LogP contribution in [0.1, 0.15) is 12.5 Å². The average molecular weight is 238 g/mol. The Bertz CT molecular complexity index is 594. The van der Waals surface area contributed by atoms with Gasteiger partial charge in [0, 0.05) is 16.9 Å². The van der Waals surface area contributed by atoms with Gasteiger partial charge >= 0.3 is 0 Å². The largest absolute Gasteiger partial charge is 0.368 e. The van der Waals surface area contributed by atoms with Crippen molar-refractivity contribution in [1.82, 2.24) is 0 Å². The smallest absolute Gasteiger partial charge is 0.254 e. The maximum atomic E-state index is 12.2. The van der Waals surface area contributed by atoms with Crippen molar-refractivity contribution in [2.75, 3.05) is 10.6 Å². The third-order valence-electron chi connectivity index (χ3n) is 3.34. The maximum absolute atomic E-state index is 12.2. The molecule has 1 aliphatic rings. The van der Waals surface area contributed by atoms with Crippen molar-refractivity contribution in [3.63, 3.8) is 0 Å². The number of rotatable bonds is 2. The normalized spacial score (nSPS) is 21.3. The van der Waals surface area contributed by atoms with E-state index < -0.39 is 5.54 Å². The summed E-state index contributed by atoms with van der Waals surface area (Å²) < 4.78 is 0. The number of hydrogen-bond acceptors (Lipinski definition) is 2. The predicted octanol–water partition coefficient (Wildman–Crippen LogP) is 2.97. The van der Waals surface area contributed by atoms with Crippen LogP contribution < -0.4 is 10.6 Å². The Labute approximate surface area is 106 Å². The molecule has 2 N–H and O–H groups in total. The lowest BCUT2D eigenvalue weighted by molar-refractivity contribution is -0.119. The third-order valence-corrected chi connectivity index (χ3v) is 3.34. The van der Waals surface area contributed by atoms with E-state index in [-0.39, 0.29) is 5.91 Å². The molecule has 0 aliphatic carbocycles. The second kappa shape index (κ2) is 3.88. The van der Waals surface area contributed by atoms with E-state index in [2.05, 4.69) is 10.6 Å². The monoisotopic (exact) mass is 238 g/mol. The topological polar surface area (TPSA) is 41.1 Å². The van der Waals surface area contributed by atoms with E-state index in [1.165, 1.54) is 0 Å². The lowest BCUT2D eigenvalue weighted by Crippen LogP contribution is -2.38. The van der Waals surface area contributed by atoms with Gasteiger partial charge in [0.15, 0.2) is 0 Å². The van der Waals surface area contributed by atoms with Crippen LogP contribution in [0.3, 0.4) is 0 Å². The standard InChI is InChI=1S/C15H14N2O/c1-15(17-11-7-3-2-4-8-11)12-9-5-6-10-13(12)16-14(15)18/h2-10,17H,1H3,(H,16,18)/t15-/m1/s1. The summed E-state index contributed by atoms with van der Waals surface area (Å²) in [7, 11) is 0. The number of carbonyl (C=O) groups is 1. The molecule has 0 bridgehead atoms. The highest BCUT2D eigenvalue weighted by atomic mass is 16.2. The lowest BCUT2D eigenvalue weighted by atomic mass is 9.93. The van der Waals surface area contributed by atoms with Gasteiger partial charge < -0.3 is 10.6 Å². The number of benzene rings is 2. The molecule has 0 saturated heterocycles. The Morgan fingerprint density at radius 1 is 1.00 bits per heavy atom. The minimum atomic E-state index is -0.710. The number of amides is 1. The summed E-state index contributed by atoms with van der Waals surface area (Å²) in [4.78, 5) is 12.2. The summed E-state index contributed by atoms with van der Waals surface area (Å²) in [5.41, 5.74) is 2.09. The number of fused-ring (bicyclic) bond motifs is 1. The fourth-order valence-electron chi connectivity index (χ4n) is 2.33. The Morgan fingerprint density at radius 3 is 2.44 bits per heavy atom. The van der Waals surface area contributed by atoms with E-state index >= 15 is 0 Å². The van der Waals surface area contributed by atoms with Gasteiger partial charge in [-0.3, -0.25) is 4.79 Å². The molecule has 18 heavy (non-hydrogen) atoms. The molecule has 1 amide bonds. The molecule has 0 saturated carbocycles. The molecule has 90 valence electrons. The molecule has 3 rings (SSSR count). The number of carbonyl (C=O) groups excluding carboxylic acids is 1. The third kappa shape index (κ3) is 1.56. The van der Waals surface area contributed by atoms with Crippen LogP contribution in [0, 0.1) is 0 Å². The molecule has 0 radical (unpaired) electrons. The van der Waals surface area contributed by atoms with E-state index in [9.17, 15) is 4.79 Å². The minimum Gasteiger partial charge on any atom is -0.368 e. The Morgan fingerprint density at radius 2 is 1.67 bits per heavy atom. The molecular formula is C15H14N2O. The van der Waals surface area contributed by atoms with Gasteiger partial charge in [0.05, 0.1) is 0 Å². The molecular weight excluding hydrogens is 224 g/mol. The van der Waals surface area contributed by atoms with E-state index in [1.54, 1.807) is 0 Å². The first-order chi connectivity index (χ1) is 8.70. The molecule has 0 unspecified atom stereocenters. The molecule has 0 spiro atoms. The molecule has 0 aromatic heterocycles. The number of hydrogen-bond donors (Lipinski definition) is 2. The highest BCUT2D eigenvalue weighted by molar-refractivity contribution is 6.07. The quantitative estimate of drug-likeness (QED) is 0.844. The highest BCUT2D eigenvalue weighted by Crippen LogP contribution is 2.37. The van der Waals surface area contributed by atoms with Gasteiger partial charge in [-0.1, -0.05) is 36.4 Å². The maximum Gasteiger partial charge on any atom is 0.254 e. The van der Waals surface area contributed by atoms with Crippen molar-refractivity contribution >= 4 is 17.3 Å². The summed E-state index contributed by atoms with van der Waals surface area (Å²) in [5, 5.41) is 6.22. The zero-order chi connectivity index (χ0) is 12.6. The molecule has 2 aromatic carbocycles. The second-order valence-corrected chi connectivity index (χ2v) is 4.62. The van der Waals surface area contributed by atoms with E-state index in [4.69, 9.17) is 0 Å². The van der Waals surface area contributed by atoms with Gasteiger partial charge in [-0.2, -0.15) is 0 Å². The van der Waals surface area contributed by atoms with Crippen LogP contribution in [0.2, 0.25) is 0 Å². The van der Waals surface area contributed by atoms with Crippen molar-refractivity contribution < 1.29 is 4.79 Å². The molecule has 0 fully saturated rings. The number of anilines is 2. The molecule has 1 aliphatic heterocycles. The molecule has 1 atom stereocenters. The van der Waals surface area contributed by atoms with E-state index in [0.717, 1.165) is 16.9 Å². The first kappa shape index (κ1) is 10.8. The van der Waals surface area contributed by atoms with Crippen LogP contribution in [-0.2, 0) is 10.3 Å². The summed E-state index contributed by atoms with van der Waals surface area (Å²) in [6.45, 7) is 1.90. The van der Waals surface area contributed by atoms with Gasteiger partial charge in [-0.15, -0.1) is 0 Å². The van der Waals surface area contributed by atoms with Crippen molar-refractivity contribution in [3.05, 3.63) is 60.2 Å². The van der Waals surface area contributed by atoms with Gasteiger partial charge in [0.2, 0.25) is 0 Å². The van der Waals surface area contributed by atoms with Crippen LogP contribution in [0.25, 0.3) is 0 Å². The summed E-state index contributed by atoms with van der Waals surface area (Å²) in [6, 6.07) is 17.5. The fraction of sp³-hybridized carbons (Fsp3) is 0.133. The summed E-state index contributed by atoms with van der Waals surface area (Å²) in [5.74, 6) is -0.0208. The number of para-hydroxylation sites is 2. The number of nitrogens with one attached hydrogen (secondary N) is 2. The van der Waals surface area contributed by atoms with Crippen LogP contribution in [0.5, 0.6) is 0 Å². The Hall–Kier alpha value is -2.29. The van der Waals surface area contributed by atoms with Crippen LogP contribution in [-0.4, -0.2) is 5.91 Å². The van der Waals surface area contributed by atoms with Crippen molar-refractivity contribution in [1.29, 1.82) is 0 Å². The predicted molar refractivity (Wildman–Crippen MR) is 72.5 cm³/mol. The first-order valence-electron chi connectivity index (χ1n) is 5.94. The van der Waals surface area contributed by atoms with Crippen molar-refractivity contribution in [2.45, 2.75) is 12.5 Å². The molecule has 3 heteroatoms. The average Bonchev–Trinajstić information content (AvgIpc) is 2.63. The lowest BCUT2D eigenvalue weighted by Gasteiger charge is -2.25. The Kier molecular flexibility index (Phi) is 2.33. The summed E-state index contributed by atoms with van der Waals surface area (Å²) in [6.07, 6.45) is 0. The Balaban J connectivity index is 2.02. The van der Waals surface area contributed by atoms with E-state index in [0.29, 0.717) is 0 Å². The fourth-order valence-corrected chi connectivity index (χ4v) is 2.33. The van der Waals surface area contributed by atoms with Crippen LogP contribution in [0.15, 0.2) is 54.6 Å². The highest BCUT2D eigenvalue weighted by Gasteiger charge is 2.42. The van der Waals surface area contributed by atoms with Crippen LogP contribution in [0.4, 0.5) is 11.4 Å². The van der Waals surface area contributed by atoms with Crippen LogP contribution >= 0.6 is 0 Å². The zero-order valence-corrected chi connectivity index (χ0v) is 10.1. The minimum absolute atomic E-state index is 0.0208. The molecule has 1 heterocycles. The van der Waals surface area contributed by atoms with Gasteiger partial charge in [0.1, 0.15) is 5.54 Å².